The van der Waals surface area contributed by atoms with Crippen molar-refractivity contribution in [3.63, 3.8) is 0 Å². The van der Waals surface area contributed by atoms with E-state index in [1.54, 1.807) is 30.5 Å². The number of amides is 1. The molecule has 2 rings (SSSR count). The van der Waals surface area contributed by atoms with Crippen LogP contribution in [-0.4, -0.2) is 10.8 Å². The van der Waals surface area contributed by atoms with Crippen LogP contribution >= 0.6 is 11.9 Å². The Kier molecular flexibility index (Phi) is 4.19. The van der Waals surface area contributed by atoms with E-state index in [9.17, 15) is 14.9 Å². The number of carbonyl (C=O) groups excluding carboxylic acids is 1. The number of benzene rings is 1. The van der Waals surface area contributed by atoms with Crippen molar-refractivity contribution in [3.05, 3.63) is 63.2 Å². The van der Waals surface area contributed by atoms with Gasteiger partial charge in [0.2, 0.25) is 0 Å². The number of rotatable bonds is 4. The number of hydrogen-bond donors (Lipinski definition) is 2. The van der Waals surface area contributed by atoms with Crippen LogP contribution in [0.15, 0.2) is 47.5 Å². The molecule has 98 valence electrons. The topological polar surface area (TPSA) is 84.3 Å². The van der Waals surface area contributed by atoms with Crippen molar-refractivity contribution in [1.29, 1.82) is 0 Å². The molecule has 1 aromatic carbocycles. The molecule has 0 fully saturated rings. The monoisotopic (exact) mass is 277 g/mol. The molecular weight excluding hydrogens is 266 g/mol. The van der Waals surface area contributed by atoms with Crippen LogP contribution in [0.4, 0.5) is 5.69 Å². The number of nitro benzene ring substituents is 1. The Morgan fingerprint density at radius 2 is 2.32 bits per heavy atom. The molecule has 0 aliphatic carbocycles. The van der Waals surface area contributed by atoms with Crippen LogP contribution in [0.3, 0.4) is 0 Å². The van der Waals surface area contributed by atoms with Crippen molar-refractivity contribution in [2.75, 3.05) is 0 Å². The van der Waals surface area contributed by atoms with Gasteiger partial charge in [-0.3, -0.25) is 14.9 Å². The van der Waals surface area contributed by atoms with Crippen molar-refractivity contribution in [3.8, 4) is 0 Å². The third-order valence-electron chi connectivity index (χ3n) is 2.38. The molecule has 1 aliphatic rings. The molecule has 0 saturated heterocycles. The van der Waals surface area contributed by atoms with Crippen molar-refractivity contribution in [2.45, 2.75) is 6.54 Å². The van der Waals surface area contributed by atoms with Crippen molar-refractivity contribution in [1.82, 2.24) is 10.0 Å². The van der Waals surface area contributed by atoms with Gasteiger partial charge in [0.25, 0.3) is 11.6 Å². The Hall–Kier alpha value is -2.28. The van der Waals surface area contributed by atoms with Crippen LogP contribution in [0.5, 0.6) is 0 Å². The molecule has 6 nitrogen and oxygen atoms in total. The maximum Gasteiger partial charge on any atom is 0.269 e. The van der Waals surface area contributed by atoms with Crippen LogP contribution in [-0.2, 0) is 11.3 Å². The summed E-state index contributed by atoms with van der Waals surface area (Å²) in [5, 5.41) is 13.3. The van der Waals surface area contributed by atoms with Gasteiger partial charge in [0.05, 0.1) is 9.83 Å². The third kappa shape index (κ3) is 3.59. The normalized spacial score (nSPS) is 13.4. The van der Waals surface area contributed by atoms with E-state index in [1.807, 2.05) is 0 Å². The van der Waals surface area contributed by atoms with E-state index in [1.165, 1.54) is 24.1 Å². The van der Waals surface area contributed by atoms with Gasteiger partial charge < -0.3 is 10.0 Å². The Morgan fingerprint density at radius 1 is 1.47 bits per heavy atom. The Bertz CT molecular complexity index is 569. The molecule has 1 aliphatic heterocycles. The molecular formula is C12H11N3O3S. The summed E-state index contributed by atoms with van der Waals surface area (Å²) >= 11 is 1.22. The zero-order valence-corrected chi connectivity index (χ0v) is 10.6. The highest BCUT2D eigenvalue weighted by Gasteiger charge is 2.11. The van der Waals surface area contributed by atoms with Gasteiger partial charge in [0.1, 0.15) is 0 Å². The summed E-state index contributed by atoms with van der Waals surface area (Å²) < 4.78 is 2.86. The summed E-state index contributed by atoms with van der Waals surface area (Å²) in [4.78, 5) is 22.5. The van der Waals surface area contributed by atoms with E-state index < -0.39 is 4.92 Å². The van der Waals surface area contributed by atoms with E-state index in [4.69, 9.17) is 0 Å². The number of nitrogens with zero attached hydrogens (tertiary/aromatic N) is 1. The highest BCUT2D eigenvalue weighted by Crippen LogP contribution is 2.16. The van der Waals surface area contributed by atoms with Crippen LogP contribution in [0.2, 0.25) is 0 Å². The standard InChI is InChI=1S/C12H11N3O3S/c16-12(11-5-2-6-14-19-11)13-8-9-3-1-4-10(7-9)15(17)18/h1-7,14H,8H2,(H,13,16). The van der Waals surface area contributed by atoms with Crippen LogP contribution in [0, 0.1) is 10.1 Å². The zero-order chi connectivity index (χ0) is 13.7. The number of nitro groups is 1. The predicted octanol–water partition coefficient (Wildman–Crippen LogP) is 1.86. The Labute approximate surface area is 113 Å². The van der Waals surface area contributed by atoms with E-state index in [2.05, 4.69) is 10.0 Å². The molecule has 0 radical (unpaired) electrons. The molecule has 1 heterocycles. The summed E-state index contributed by atoms with van der Waals surface area (Å²) in [6.07, 6.45) is 5.16. The minimum Gasteiger partial charge on any atom is -0.347 e. The summed E-state index contributed by atoms with van der Waals surface area (Å²) in [6.45, 7) is 0.252. The van der Waals surface area contributed by atoms with Crippen LogP contribution in [0.1, 0.15) is 5.56 Å². The minimum atomic E-state index is -0.459. The highest BCUT2D eigenvalue weighted by atomic mass is 32.2. The summed E-state index contributed by atoms with van der Waals surface area (Å²) in [7, 11) is 0. The van der Waals surface area contributed by atoms with Gasteiger partial charge in [-0.25, -0.2) is 0 Å². The first kappa shape index (κ1) is 13.2. The summed E-state index contributed by atoms with van der Waals surface area (Å²) in [5.74, 6) is -0.214. The molecule has 2 N–H and O–H groups in total. The van der Waals surface area contributed by atoms with E-state index in [-0.39, 0.29) is 18.1 Å². The van der Waals surface area contributed by atoms with Gasteiger partial charge in [-0.1, -0.05) is 12.1 Å². The van der Waals surface area contributed by atoms with Gasteiger partial charge in [-0.15, -0.1) is 0 Å². The lowest BCUT2D eigenvalue weighted by atomic mass is 10.2. The van der Waals surface area contributed by atoms with Crippen molar-refractivity contribution < 1.29 is 9.72 Å². The van der Waals surface area contributed by atoms with Gasteiger partial charge >= 0.3 is 0 Å². The van der Waals surface area contributed by atoms with Crippen LogP contribution in [0.25, 0.3) is 0 Å². The first-order chi connectivity index (χ1) is 9.16. The van der Waals surface area contributed by atoms with Gasteiger partial charge in [0.15, 0.2) is 0 Å². The summed E-state index contributed by atoms with van der Waals surface area (Å²) in [6, 6.07) is 6.19. The van der Waals surface area contributed by atoms with E-state index in [0.29, 0.717) is 10.5 Å². The van der Waals surface area contributed by atoms with Gasteiger partial charge in [0, 0.05) is 24.9 Å². The molecule has 7 heteroatoms. The number of carbonyl (C=O) groups is 1. The first-order valence-corrected chi connectivity index (χ1v) is 6.29. The number of allylic oxidation sites excluding steroid dienone is 2. The van der Waals surface area contributed by atoms with Gasteiger partial charge in [-0.2, -0.15) is 0 Å². The molecule has 1 amide bonds. The number of non-ortho nitro benzene ring substituents is 1. The lowest BCUT2D eigenvalue weighted by Crippen LogP contribution is -2.24. The average molecular weight is 277 g/mol. The maximum atomic E-state index is 11.8. The summed E-state index contributed by atoms with van der Waals surface area (Å²) in [5.41, 5.74) is 0.704. The van der Waals surface area contributed by atoms with Crippen molar-refractivity contribution in [2.24, 2.45) is 0 Å². The largest absolute Gasteiger partial charge is 0.347 e. The SMILES string of the molecule is O=C(NCc1cccc([N+](=O)[O-])c1)C1=CC=CNS1. The molecule has 0 bridgehead atoms. The Balaban J connectivity index is 1.97. The van der Waals surface area contributed by atoms with Crippen molar-refractivity contribution >= 4 is 23.5 Å². The fourth-order valence-electron chi connectivity index (χ4n) is 1.48. The second-order valence-electron chi connectivity index (χ2n) is 3.72. The molecule has 19 heavy (non-hydrogen) atoms. The minimum absolute atomic E-state index is 0.0163. The maximum absolute atomic E-state index is 11.8. The fraction of sp³-hybridized carbons (Fsp3) is 0.0833. The molecule has 0 aromatic heterocycles. The molecule has 0 atom stereocenters. The lowest BCUT2D eigenvalue weighted by Gasteiger charge is -2.10. The number of nitrogens with one attached hydrogen (secondary N) is 2. The second kappa shape index (κ2) is 6.05. The second-order valence-corrected chi connectivity index (χ2v) is 4.60. The zero-order valence-electron chi connectivity index (χ0n) is 9.83. The van der Waals surface area contributed by atoms with Gasteiger partial charge in [-0.05, 0) is 29.7 Å². The lowest BCUT2D eigenvalue weighted by molar-refractivity contribution is -0.384. The van der Waals surface area contributed by atoms with E-state index >= 15 is 0 Å². The third-order valence-corrected chi connectivity index (χ3v) is 3.17. The predicted molar refractivity (Wildman–Crippen MR) is 72.9 cm³/mol. The number of hydrogen-bond acceptors (Lipinski definition) is 5. The quantitative estimate of drug-likeness (QED) is 0.498. The molecule has 1 aromatic rings. The van der Waals surface area contributed by atoms with Crippen LogP contribution < -0.4 is 10.0 Å². The molecule has 0 saturated carbocycles. The Morgan fingerprint density at radius 3 is 3.00 bits per heavy atom. The highest BCUT2D eigenvalue weighted by molar-refractivity contribution is 8.02. The smallest absolute Gasteiger partial charge is 0.269 e. The van der Waals surface area contributed by atoms with E-state index in [0.717, 1.165) is 0 Å². The fourth-order valence-corrected chi connectivity index (χ4v) is 2.06. The molecule has 0 unspecified atom stereocenters. The average Bonchev–Trinajstić information content (AvgIpc) is 2.46. The molecule has 0 spiro atoms. The first-order valence-electron chi connectivity index (χ1n) is 5.47.